The maximum absolute atomic E-state index is 13.7. The number of ketones is 1. The molecule has 0 aliphatic heterocycles. The van der Waals surface area contributed by atoms with E-state index in [9.17, 15) is 18.0 Å². The molecule has 4 rings (SSSR count). The fraction of sp³-hybridized carbons (Fsp3) is 0.103. The highest BCUT2D eigenvalue weighted by molar-refractivity contribution is 7.89. The van der Waals surface area contributed by atoms with Gasteiger partial charge in [0.2, 0.25) is 15.9 Å². The van der Waals surface area contributed by atoms with E-state index < -0.39 is 22.0 Å². The quantitative estimate of drug-likeness (QED) is 0.290. The molecule has 0 heterocycles. The highest BCUT2D eigenvalue weighted by Crippen LogP contribution is 2.29. The molecule has 0 saturated heterocycles. The van der Waals surface area contributed by atoms with Gasteiger partial charge in [0.1, 0.15) is 6.04 Å². The van der Waals surface area contributed by atoms with Gasteiger partial charge in [-0.3, -0.25) is 9.59 Å². The lowest BCUT2D eigenvalue weighted by atomic mass is 10.0. The molecule has 0 aromatic heterocycles. The molecule has 0 bridgehead atoms. The lowest BCUT2D eigenvalue weighted by molar-refractivity contribution is -0.121. The average molecular weight is 533 g/mol. The van der Waals surface area contributed by atoms with Crippen molar-refractivity contribution < 1.29 is 18.0 Å². The topological polar surface area (TPSA) is 97.5 Å². The van der Waals surface area contributed by atoms with E-state index in [4.69, 9.17) is 17.3 Å². The highest BCUT2D eigenvalue weighted by atomic mass is 35.5. The minimum Gasteiger partial charge on any atom is -0.368 e. The zero-order chi connectivity index (χ0) is 26.4. The first-order valence-corrected chi connectivity index (χ1v) is 13.4. The highest BCUT2D eigenvalue weighted by Gasteiger charge is 2.35. The molecule has 0 spiro atoms. The van der Waals surface area contributed by atoms with Gasteiger partial charge >= 0.3 is 0 Å². The van der Waals surface area contributed by atoms with E-state index in [1.54, 1.807) is 78.9 Å². The summed E-state index contributed by atoms with van der Waals surface area (Å²) in [6, 6.07) is 29.1. The first-order chi connectivity index (χ1) is 17.8. The Morgan fingerprint density at radius 1 is 0.757 bits per heavy atom. The van der Waals surface area contributed by atoms with E-state index in [1.807, 2.05) is 6.07 Å². The Morgan fingerprint density at radius 2 is 1.30 bits per heavy atom. The van der Waals surface area contributed by atoms with Crippen LogP contribution in [0.25, 0.3) is 0 Å². The average Bonchev–Trinajstić information content (AvgIpc) is 2.92. The smallest absolute Gasteiger partial charge is 0.244 e. The minimum absolute atomic E-state index is 0.00267. The van der Waals surface area contributed by atoms with Gasteiger partial charge < -0.3 is 5.73 Å². The predicted molar refractivity (Wildman–Crippen MR) is 144 cm³/mol. The third kappa shape index (κ3) is 6.14. The van der Waals surface area contributed by atoms with Gasteiger partial charge in [-0.05, 0) is 41.8 Å². The molecule has 0 fully saturated rings. The molecule has 1 unspecified atom stereocenters. The number of carbonyl (C=O) groups excluding carboxylic acids is 2. The van der Waals surface area contributed by atoms with Crippen LogP contribution >= 0.6 is 11.6 Å². The number of nitrogens with two attached hydrogens (primary N) is 1. The Balaban J connectivity index is 1.63. The summed E-state index contributed by atoms with van der Waals surface area (Å²) in [4.78, 5) is 25.3. The molecule has 4 aromatic rings. The van der Waals surface area contributed by atoms with Gasteiger partial charge in [-0.25, -0.2) is 8.42 Å². The van der Waals surface area contributed by atoms with Gasteiger partial charge in [0.05, 0.1) is 4.90 Å². The van der Waals surface area contributed by atoms with E-state index in [0.717, 1.165) is 9.87 Å². The summed E-state index contributed by atoms with van der Waals surface area (Å²) in [5.41, 5.74) is 8.13. The molecular weight excluding hydrogens is 508 g/mol. The van der Waals surface area contributed by atoms with Crippen LogP contribution in [0.4, 0.5) is 0 Å². The summed E-state index contributed by atoms with van der Waals surface area (Å²) in [7, 11) is -4.12. The summed E-state index contributed by atoms with van der Waals surface area (Å²) in [5, 5.41) is 0.394. The number of sulfonamides is 1. The Morgan fingerprint density at radius 3 is 1.86 bits per heavy atom. The largest absolute Gasteiger partial charge is 0.368 e. The van der Waals surface area contributed by atoms with Gasteiger partial charge in [-0.15, -0.1) is 0 Å². The monoisotopic (exact) mass is 532 g/mol. The van der Waals surface area contributed by atoms with Crippen molar-refractivity contribution >= 4 is 33.3 Å². The van der Waals surface area contributed by atoms with Crippen molar-refractivity contribution in [1.29, 1.82) is 0 Å². The van der Waals surface area contributed by atoms with Crippen molar-refractivity contribution in [2.24, 2.45) is 5.73 Å². The standard InChI is InChI=1S/C29H25ClN2O4S/c30-25-15-17-26(18-16-25)37(35,36)32(27(29(31)34)22-7-3-1-4-8-22)20-19-21-11-13-24(14-12-21)28(33)23-9-5-2-6-10-23/h1-18,27H,19-20H2,(H2,31,34). The van der Waals surface area contributed by atoms with Gasteiger partial charge in [0.25, 0.3) is 0 Å². The van der Waals surface area contributed by atoms with Crippen LogP contribution in [-0.4, -0.2) is 31.0 Å². The fourth-order valence-corrected chi connectivity index (χ4v) is 5.77. The third-order valence-electron chi connectivity index (χ3n) is 5.97. The number of primary amides is 1. The molecule has 2 N–H and O–H groups in total. The van der Waals surface area contributed by atoms with E-state index in [1.165, 1.54) is 24.3 Å². The fourth-order valence-electron chi connectivity index (χ4n) is 4.06. The molecule has 0 radical (unpaired) electrons. The molecule has 6 nitrogen and oxygen atoms in total. The van der Waals surface area contributed by atoms with Crippen molar-refractivity contribution in [1.82, 2.24) is 4.31 Å². The maximum Gasteiger partial charge on any atom is 0.244 e. The second-order valence-electron chi connectivity index (χ2n) is 8.43. The number of rotatable bonds is 10. The first kappa shape index (κ1) is 26.3. The Kier molecular flexibility index (Phi) is 8.18. The number of halogens is 1. The SMILES string of the molecule is NC(=O)C(c1ccccc1)N(CCc1ccc(C(=O)c2ccccc2)cc1)S(=O)(=O)c1ccc(Cl)cc1. The van der Waals surface area contributed by atoms with E-state index in [-0.39, 0.29) is 17.2 Å². The summed E-state index contributed by atoms with van der Waals surface area (Å²) >= 11 is 5.96. The van der Waals surface area contributed by atoms with Gasteiger partial charge in [0, 0.05) is 22.7 Å². The molecule has 4 aromatic carbocycles. The van der Waals surface area contributed by atoms with E-state index in [2.05, 4.69) is 0 Å². The van der Waals surface area contributed by atoms with Crippen molar-refractivity contribution in [3.8, 4) is 0 Å². The predicted octanol–water partition coefficient (Wildman–Crippen LogP) is 5.03. The third-order valence-corrected chi connectivity index (χ3v) is 8.10. The zero-order valence-corrected chi connectivity index (χ0v) is 21.4. The lowest BCUT2D eigenvalue weighted by Crippen LogP contribution is -2.42. The van der Waals surface area contributed by atoms with Crippen LogP contribution in [-0.2, 0) is 21.2 Å². The second kappa shape index (κ2) is 11.5. The van der Waals surface area contributed by atoms with Crippen LogP contribution in [0.2, 0.25) is 5.02 Å². The van der Waals surface area contributed by atoms with Gasteiger partial charge in [-0.1, -0.05) is 96.5 Å². The second-order valence-corrected chi connectivity index (χ2v) is 10.8. The van der Waals surface area contributed by atoms with Crippen LogP contribution < -0.4 is 5.73 Å². The normalized spacial score (nSPS) is 12.3. The minimum atomic E-state index is -4.12. The number of hydrogen-bond acceptors (Lipinski definition) is 4. The van der Waals surface area contributed by atoms with E-state index >= 15 is 0 Å². The number of hydrogen-bond donors (Lipinski definition) is 1. The molecule has 0 aliphatic carbocycles. The molecule has 1 amide bonds. The number of carbonyl (C=O) groups is 2. The summed E-state index contributed by atoms with van der Waals surface area (Å²) in [6.45, 7) is -0.0144. The summed E-state index contributed by atoms with van der Waals surface area (Å²) in [6.07, 6.45) is 0.295. The molecule has 0 saturated carbocycles. The first-order valence-electron chi connectivity index (χ1n) is 11.6. The summed E-state index contributed by atoms with van der Waals surface area (Å²) < 4.78 is 28.6. The van der Waals surface area contributed by atoms with Crippen molar-refractivity contribution in [3.05, 3.63) is 136 Å². The molecule has 0 aliphatic rings. The lowest BCUT2D eigenvalue weighted by Gasteiger charge is -2.29. The van der Waals surface area contributed by atoms with Gasteiger partial charge in [0.15, 0.2) is 5.78 Å². The summed E-state index contributed by atoms with van der Waals surface area (Å²) in [5.74, 6) is -0.885. The Labute approximate surface area is 221 Å². The van der Waals surface area contributed by atoms with E-state index in [0.29, 0.717) is 28.1 Å². The molecule has 8 heteroatoms. The molecule has 1 atom stereocenters. The zero-order valence-electron chi connectivity index (χ0n) is 19.8. The van der Waals surface area contributed by atoms with Gasteiger partial charge in [-0.2, -0.15) is 4.31 Å². The van der Waals surface area contributed by atoms with Crippen molar-refractivity contribution in [2.45, 2.75) is 17.4 Å². The Bertz CT molecular complexity index is 1470. The molecular formula is C29H25ClN2O4S. The number of nitrogens with zero attached hydrogens (tertiary/aromatic N) is 1. The van der Waals surface area contributed by atoms with Crippen molar-refractivity contribution in [3.63, 3.8) is 0 Å². The van der Waals surface area contributed by atoms with Crippen molar-refractivity contribution in [2.75, 3.05) is 6.54 Å². The number of amides is 1. The van der Waals surface area contributed by atoms with Crippen LogP contribution in [0.15, 0.2) is 114 Å². The van der Waals surface area contributed by atoms with Crippen LogP contribution in [0, 0.1) is 0 Å². The molecule has 37 heavy (non-hydrogen) atoms. The van der Waals surface area contributed by atoms with Crippen LogP contribution in [0.1, 0.15) is 33.1 Å². The Hall–Kier alpha value is -3.78. The maximum atomic E-state index is 13.7. The number of benzene rings is 4. The molecule has 188 valence electrons. The van der Waals surface area contributed by atoms with Crippen LogP contribution in [0.5, 0.6) is 0 Å². The van der Waals surface area contributed by atoms with Crippen LogP contribution in [0.3, 0.4) is 0 Å².